The van der Waals surface area contributed by atoms with E-state index in [-0.39, 0.29) is 19.0 Å². The number of hydrogen-bond acceptors (Lipinski definition) is 8. The molecule has 1 aromatic heterocycles. The number of esters is 1. The van der Waals surface area contributed by atoms with Crippen molar-refractivity contribution in [3.05, 3.63) is 75.1 Å². The van der Waals surface area contributed by atoms with Crippen LogP contribution in [0.5, 0.6) is 5.75 Å². The molecule has 1 aliphatic heterocycles. The van der Waals surface area contributed by atoms with E-state index in [9.17, 15) is 14.4 Å². The summed E-state index contributed by atoms with van der Waals surface area (Å²) in [5.41, 5.74) is -0.620. The van der Waals surface area contributed by atoms with Gasteiger partial charge in [0.05, 0.1) is 6.10 Å². The molecule has 2 aromatic rings. The molecule has 0 amide bonds. The minimum Gasteiger partial charge on any atom is -0.462 e. The quantitative estimate of drug-likeness (QED) is 0.312. The van der Waals surface area contributed by atoms with E-state index in [4.69, 9.17) is 18.7 Å². The Balaban J connectivity index is 1.58. The first-order valence-corrected chi connectivity index (χ1v) is 11.5. The number of hydrogen-bond donors (Lipinski definition) is 2. The van der Waals surface area contributed by atoms with E-state index in [0.29, 0.717) is 11.3 Å². The molecule has 11 heteroatoms. The normalized spacial score (nSPS) is 18.6. The molecule has 0 radical (unpaired) electrons. The average Bonchev–Trinajstić information content (AvgIpc) is 3.21. The highest BCUT2D eigenvalue weighted by Gasteiger charge is 2.24. The SMILES string of the molecule is Cc1cn(C2C=CC(OCP(NCC(=O)OC(C)C)Oc3ccccc3)O2)c(=O)[nH]c1=O. The van der Waals surface area contributed by atoms with Crippen molar-refractivity contribution in [2.45, 2.75) is 39.4 Å². The monoisotopic (exact) mass is 463 g/mol. The van der Waals surface area contributed by atoms with Crippen LogP contribution in [-0.2, 0) is 19.0 Å². The van der Waals surface area contributed by atoms with E-state index in [1.165, 1.54) is 10.8 Å². The Kier molecular flexibility index (Phi) is 8.35. The third-order valence-corrected chi connectivity index (χ3v) is 5.53. The number of carbonyl (C=O) groups is 1. The number of benzene rings is 1. The molecule has 0 saturated heterocycles. The number of aromatic nitrogens is 2. The van der Waals surface area contributed by atoms with Crippen molar-refractivity contribution in [3.8, 4) is 5.75 Å². The second kappa shape index (κ2) is 11.2. The number of aryl methyl sites for hydroxylation is 1. The van der Waals surface area contributed by atoms with Crippen molar-refractivity contribution >= 4 is 14.3 Å². The van der Waals surface area contributed by atoms with Gasteiger partial charge in [0.15, 0.2) is 20.8 Å². The highest BCUT2D eigenvalue weighted by Crippen LogP contribution is 2.35. The van der Waals surface area contributed by atoms with Gasteiger partial charge in [-0.05, 0) is 45.1 Å². The highest BCUT2D eigenvalue weighted by molar-refractivity contribution is 7.50. The molecule has 3 atom stereocenters. The summed E-state index contributed by atoms with van der Waals surface area (Å²) in [6.45, 7) is 5.13. The predicted octanol–water partition coefficient (Wildman–Crippen LogP) is 2.16. The van der Waals surface area contributed by atoms with Gasteiger partial charge in [-0.1, -0.05) is 18.2 Å². The molecule has 0 bridgehead atoms. The Hall–Kier alpha value is -2.78. The van der Waals surface area contributed by atoms with Gasteiger partial charge in [0, 0.05) is 11.8 Å². The summed E-state index contributed by atoms with van der Waals surface area (Å²) in [5, 5.41) is 3.03. The predicted molar refractivity (Wildman–Crippen MR) is 118 cm³/mol. The zero-order valence-electron chi connectivity index (χ0n) is 18.0. The number of nitrogens with zero attached hydrogens (tertiary/aromatic N) is 1. The molecule has 0 fully saturated rings. The van der Waals surface area contributed by atoms with Crippen LogP contribution < -0.4 is 20.9 Å². The van der Waals surface area contributed by atoms with Crippen LogP contribution in [0.25, 0.3) is 0 Å². The van der Waals surface area contributed by atoms with Gasteiger partial charge >= 0.3 is 11.7 Å². The summed E-state index contributed by atoms with van der Waals surface area (Å²) in [4.78, 5) is 37.8. The first-order valence-electron chi connectivity index (χ1n) is 10.0. The van der Waals surface area contributed by atoms with Crippen LogP contribution in [0.4, 0.5) is 0 Å². The van der Waals surface area contributed by atoms with Crippen molar-refractivity contribution < 1.29 is 23.5 Å². The number of carbonyl (C=O) groups excluding carboxylic acids is 1. The van der Waals surface area contributed by atoms with Crippen molar-refractivity contribution in [3.63, 3.8) is 0 Å². The van der Waals surface area contributed by atoms with Gasteiger partial charge in [-0.3, -0.25) is 24.2 Å². The number of ether oxygens (including phenoxy) is 3. The Bertz CT molecular complexity index is 1050. The van der Waals surface area contributed by atoms with E-state index < -0.39 is 38.0 Å². The third kappa shape index (κ3) is 6.86. The second-order valence-corrected chi connectivity index (χ2v) is 8.72. The standard InChI is InChI=1S/C21H26N3O7P/c1-14(2)29-18(25)11-22-32(31-16-7-5-4-6-8-16)13-28-19-10-9-17(30-19)24-12-15(3)20(26)23-21(24)27/h4-10,12,14,17,19,22H,11,13H2,1-3H3,(H,23,26,27). The van der Waals surface area contributed by atoms with Gasteiger partial charge in [-0.25, -0.2) is 4.79 Å². The minimum absolute atomic E-state index is 0.0316. The first-order chi connectivity index (χ1) is 15.3. The third-order valence-electron chi connectivity index (χ3n) is 4.21. The van der Waals surface area contributed by atoms with Crippen LogP contribution >= 0.6 is 8.30 Å². The summed E-state index contributed by atoms with van der Waals surface area (Å²) in [5.74, 6) is 0.233. The summed E-state index contributed by atoms with van der Waals surface area (Å²) >= 11 is 0. The molecule has 2 N–H and O–H groups in total. The molecule has 0 saturated carbocycles. The largest absolute Gasteiger partial charge is 0.462 e. The average molecular weight is 463 g/mol. The number of nitrogens with one attached hydrogen (secondary N) is 2. The van der Waals surface area contributed by atoms with Crippen LogP contribution in [-0.4, -0.2) is 40.8 Å². The maximum Gasteiger partial charge on any atom is 0.330 e. The lowest BCUT2D eigenvalue weighted by molar-refractivity contribution is -0.145. The molecule has 172 valence electrons. The van der Waals surface area contributed by atoms with Crippen molar-refractivity contribution in [2.24, 2.45) is 0 Å². The molecule has 1 aliphatic rings. The minimum atomic E-state index is -1.40. The van der Waals surface area contributed by atoms with Crippen LogP contribution in [0.2, 0.25) is 0 Å². The maximum atomic E-state index is 12.1. The number of rotatable bonds is 10. The Morgan fingerprint density at radius 2 is 2.00 bits per heavy atom. The Morgan fingerprint density at radius 1 is 1.25 bits per heavy atom. The molecule has 0 spiro atoms. The van der Waals surface area contributed by atoms with Gasteiger partial charge in [-0.2, -0.15) is 0 Å². The molecular weight excluding hydrogens is 437 g/mol. The molecule has 1 aromatic carbocycles. The van der Waals surface area contributed by atoms with Crippen molar-refractivity contribution in [1.29, 1.82) is 0 Å². The number of para-hydroxylation sites is 1. The molecule has 3 rings (SSSR count). The van der Waals surface area contributed by atoms with E-state index >= 15 is 0 Å². The van der Waals surface area contributed by atoms with E-state index in [1.54, 1.807) is 45.1 Å². The molecular formula is C21H26N3O7P. The molecule has 10 nitrogen and oxygen atoms in total. The zero-order chi connectivity index (χ0) is 23.1. The van der Waals surface area contributed by atoms with Crippen molar-refractivity contribution in [2.75, 3.05) is 12.9 Å². The van der Waals surface area contributed by atoms with Gasteiger partial charge < -0.3 is 18.7 Å². The molecule has 3 unspecified atom stereocenters. The fourth-order valence-electron chi connectivity index (χ4n) is 2.75. The summed E-state index contributed by atoms with van der Waals surface area (Å²) in [6.07, 6.45) is 3.23. The number of aromatic amines is 1. The van der Waals surface area contributed by atoms with Gasteiger partial charge in [-0.15, -0.1) is 0 Å². The summed E-state index contributed by atoms with van der Waals surface area (Å²) < 4.78 is 23.9. The Morgan fingerprint density at radius 3 is 2.72 bits per heavy atom. The second-order valence-electron chi connectivity index (χ2n) is 7.21. The maximum absolute atomic E-state index is 12.1. The zero-order valence-corrected chi connectivity index (χ0v) is 18.9. The van der Waals surface area contributed by atoms with Crippen LogP contribution in [0, 0.1) is 6.92 Å². The molecule has 0 aliphatic carbocycles. The van der Waals surface area contributed by atoms with E-state index in [1.807, 2.05) is 18.2 Å². The smallest absolute Gasteiger partial charge is 0.330 e. The molecule has 32 heavy (non-hydrogen) atoms. The fourth-order valence-corrected chi connectivity index (χ4v) is 3.93. The van der Waals surface area contributed by atoms with Gasteiger partial charge in [0.1, 0.15) is 18.6 Å². The van der Waals surface area contributed by atoms with Crippen molar-refractivity contribution in [1.82, 2.24) is 14.6 Å². The van der Waals surface area contributed by atoms with Crippen LogP contribution in [0.1, 0.15) is 25.6 Å². The van der Waals surface area contributed by atoms with Gasteiger partial charge in [0.25, 0.3) is 5.56 Å². The highest BCUT2D eigenvalue weighted by atomic mass is 31.2. The van der Waals surface area contributed by atoms with E-state index in [2.05, 4.69) is 10.1 Å². The first kappa shape index (κ1) is 23.9. The lowest BCUT2D eigenvalue weighted by Gasteiger charge is -2.22. The molecule has 2 heterocycles. The topological polar surface area (TPSA) is 121 Å². The lowest BCUT2D eigenvalue weighted by Crippen LogP contribution is -2.33. The number of H-pyrrole nitrogens is 1. The van der Waals surface area contributed by atoms with Crippen LogP contribution in [0.3, 0.4) is 0 Å². The Labute approximate surface area is 186 Å². The fraction of sp³-hybridized carbons (Fsp3) is 0.381. The van der Waals surface area contributed by atoms with Gasteiger partial charge in [0.2, 0.25) is 0 Å². The van der Waals surface area contributed by atoms with E-state index in [0.717, 1.165) is 0 Å². The summed E-state index contributed by atoms with van der Waals surface area (Å²) in [7, 11) is -1.40. The van der Waals surface area contributed by atoms with Crippen LogP contribution in [0.15, 0.2) is 58.3 Å². The summed E-state index contributed by atoms with van der Waals surface area (Å²) in [6, 6.07) is 9.16. The lowest BCUT2D eigenvalue weighted by atomic mass is 10.3.